The van der Waals surface area contributed by atoms with Gasteiger partial charge < -0.3 is 10.1 Å². The Bertz CT molecular complexity index is 379. The van der Waals surface area contributed by atoms with Crippen molar-refractivity contribution in [2.24, 2.45) is 0 Å². The zero-order chi connectivity index (χ0) is 10.7. The number of nitrogens with one attached hydrogen (secondary N) is 1. The van der Waals surface area contributed by atoms with Gasteiger partial charge in [-0.25, -0.2) is 4.39 Å². The van der Waals surface area contributed by atoms with Crippen molar-refractivity contribution in [3.05, 3.63) is 35.2 Å². The maximum Gasteiger partial charge on any atom is 0.172 e. The third kappa shape index (κ3) is 2.18. The Morgan fingerprint density at radius 2 is 2.33 bits per heavy atom. The van der Waals surface area contributed by atoms with Crippen LogP contribution in [0.25, 0.3) is 6.08 Å². The molecule has 2 nitrogen and oxygen atoms in total. The fourth-order valence-corrected chi connectivity index (χ4v) is 1.73. The van der Waals surface area contributed by atoms with Crippen LogP contribution in [0.2, 0.25) is 0 Å². The number of hydrogen-bond donors (Lipinski definition) is 1. The summed E-state index contributed by atoms with van der Waals surface area (Å²) in [5.41, 5.74) is 1.84. The first-order valence-corrected chi connectivity index (χ1v) is 5.04. The molecule has 0 aromatic heterocycles. The van der Waals surface area contributed by atoms with Gasteiger partial charge in [-0.15, -0.1) is 0 Å². The van der Waals surface area contributed by atoms with Gasteiger partial charge in [-0.3, -0.25) is 0 Å². The molecule has 15 heavy (non-hydrogen) atoms. The summed E-state index contributed by atoms with van der Waals surface area (Å²) < 4.78 is 18.7. The van der Waals surface area contributed by atoms with Crippen molar-refractivity contribution in [3.63, 3.8) is 0 Å². The second-order valence-corrected chi connectivity index (χ2v) is 3.59. The van der Waals surface area contributed by atoms with Crippen molar-refractivity contribution < 1.29 is 9.13 Å². The van der Waals surface area contributed by atoms with Gasteiger partial charge in [0, 0.05) is 12.1 Å². The highest BCUT2D eigenvalue weighted by Gasteiger charge is 2.09. The van der Waals surface area contributed by atoms with Gasteiger partial charge >= 0.3 is 0 Å². The van der Waals surface area contributed by atoms with E-state index in [2.05, 4.69) is 5.32 Å². The largest absolute Gasteiger partial charge is 0.494 e. The van der Waals surface area contributed by atoms with Gasteiger partial charge in [-0.05, 0) is 19.0 Å². The summed E-state index contributed by atoms with van der Waals surface area (Å²) in [5.74, 6) is 0.0229. The fraction of sp³-hybridized carbons (Fsp3) is 0.333. The molecule has 1 aromatic rings. The Morgan fingerprint density at radius 1 is 1.47 bits per heavy atom. The molecule has 1 aliphatic heterocycles. The average Bonchev–Trinajstić information content (AvgIpc) is 2.74. The average molecular weight is 207 g/mol. The SMILES string of the molecule is COc1cccc(/C=C2/CCNC2)c1F. The van der Waals surface area contributed by atoms with Crippen LogP contribution in [0.15, 0.2) is 23.8 Å². The molecule has 0 aliphatic carbocycles. The Labute approximate surface area is 88.8 Å². The minimum absolute atomic E-state index is 0.278. The fourth-order valence-electron chi connectivity index (χ4n) is 1.73. The lowest BCUT2D eigenvalue weighted by Crippen LogP contribution is -2.04. The Kier molecular flexibility index (Phi) is 3.02. The maximum absolute atomic E-state index is 13.7. The van der Waals surface area contributed by atoms with Crippen LogP contribution in [0.5, 0.6) is 5.75 Å². The number of benzene rings is 1. The van der Waals surface area contributed by atoms with Crippen molar-refractivity contribution in [2.75, 3.05) is 20.2 Å². The van der Waals surface area contributed by atoms with E-state index in [1.165, 1.54) is 12.7 Å². The highest BCUT2D eigenvalue weighted by Crippen LogP contribution is 2.23. The molecule has 0 saturated carbocycles. The molecule has 1 aromatic carbocycles. The summed E-state index contributed by atoms with van der Waals surface area (Å²) in [7, 11) is 1.48. The van der Waals surface area contributed by atoms with Crippen molar-refractivity contribution in [3.8, 4) is 5.75 Å². The molecule has 0 atom stereocenters. The third-order valence-electron chi connectivity index (χ3n) is 2.55. The number of methoxy groups -OCH3 is 1. The topological polar surface area (TPSA) is 21.3 Å². The summed E-state index contributed by atoms with van der Waals surface area (Å²) >= 11 is 0. The first kappa shape index (κ1) is 10.2. The van der Waals surface area contributed by atoms with Gasteiger partial charge in [0.2, 0.25) is 0 Å². The van der Waals surface area contributed by atoms with Crippen LogP contribution in [0.1, 0.15) is 12.0 Å². The molecule has 80 valence electrons. The molecule has 1 heterocycles. The van der Waals surface area contributed by atoms with E-state index in [9.17, 15) is 4.39 Å². The summed E-state index contributed by atoms with van der Waals surface area (Å²) in [6.45, 7) is 1.84. The van der Waals surface area contributed by atoms with Crippen LogP contribution in [-0.2, 0) is 0 Å². The van der Waals surface area contributed by atoms with Crippen LogP contribution in [0.4, 0.5) is 4.39 Å². The number of halogens is 1. The lowest BCUT2D eigenvalue weighted by molar-refractivity contribution is 0.386. The molecule has 1 fully saturated rings. The van der Waals surface area contributed by atoms with Gasteiger partial charge in [0.1, 0.15) is 0 Å². The summed E-state index contributed by atoms with van der Waals surface area (Å²) in [5, 5.41) is 3.22. The van der Waals surface area contributed by atoms with Crippen LogP contribution in [0.3, 0.4) is 0 Å². The summed E-state index contributed by atoms with van der Waals surface area (Å²) in [6, 6.07) is 5.20. The van der Waals surface area contributed by atoms with Crippen LogP contribution >= 0.6 is 0 Å². The lowest BCUT2D eigenvalue weighted by atomic mass is 10.1. The van der Waals surface area contributed by atoms with E-state index in [1.807, 2.05) is 6.08 Å². The molecule has 1 N–H and O–H groups in total. The van der Waals surface area contributed by atoms with Gasteiger partial charge in [-0.2, -0.15) is 0 Å². The van der Waals surface area contributed by atoms with E-state index >= 15 is 0 Å². The number of hydrogen-bond acceptors (Lipinski definition) is 2. The van der Waals surface area contributed by atoms with E-state index in [-0.39, 0.29) is 5.82 Å². The van der Waals surface area contributed by atoms with E-state index in [1.54, 1.807) is 18.2 Å². The van der Waals surface area contributed by atoms with Gasteiger partial charge in [0.25, 0.3) is 0 Å². The Balaban J connectivity index is 2.31. The van der Waals surface area contributed by atoms with Gasteiger partial charge in [0.05, 0.1) is 7.11 Å². The molecule has 3 heteroatoms. The molecule has 0 unspecified atom stereocenters. The molecule has 0 amide bonds. The van der Waals surface area contributed by atoms with Crippen molar-refractivity contribution in [1.29, 1.82) is 0 Å². The summed E-state index contributed by atoms with van der Waals surface area (Å²) in [6.07, 6.45) is 2.90. The van der Waals surface area contributed by atoms with Crippen molar-refractivity contribution >= 4 is 6.08 Å². The Morgan fingerprint density at radius 3 is 3.00 bits per heavy atom. The van der Waals surface area contributed by atoms with E-state index in [0.717, 1.165) is 19.5 Å². The molecular weight excluding hydrogens is 193 g/mol. The second-order valence-electron chi connectivity index (χ2n) is 3.59. The molecule has 2 rings (SSSR count). The van der Waals surface area contributed by atoms with Crippen LogP contribution in [-0.4, -0.2) is 20.2 Å². The zero-order valence-electron chi connectivity index (χ0n) is 8.72. The lowest BCUT2D eigenvalue weighted by Gasteiger charge is -2.04. The highest BCUT2D eigenvalue weighted by atomic mass is 19.1. The van der Waals surface area contributed by atoms with E-state index in [0.29, 0.717) is 11.3 Å². The monoisotopic (exact) mass is 207 g/mol. The summed E-state index contributed by atoms with van der Waals surface area (Å²) in [4.78, 5) is 0. The molecular formula is C12H14FNO. The first-order chi connectivity index (χ1) is 7.31. The van der Waals surface area contributed by atoms with Crippen molar-refractivity contribution in [1.82, 2.24) is 5.32 Å². The first-order valence-electron chi connectivity index (χ1n) is 5.04. The second kappa shape index (κ2) is 4.45. The number of rotatable bonds is 2. The van der Waals surface area contributed by atoms with Crippen molar-refractivity contribution in [2.45, 2.75) is 6.42 Å². The quantitative estimate of drug-likeness (QED) is 0.802. The molecule has 1 saturated heterocycles. The zero-order valence-corrected chi connectivity index (χ0v) is 8.72. The molecule has 0 bridgehead atoms. The minimum atomic E-state index is -0.278. The third-order valence-corrected chi connectivity index (χ3v) is 2.55. The van der Waals surface area contributed by atoms with Gasteiger partial charge in [-0.1, -0.05) is 23.8 Å². The maximum atomic E-state index is 13.7. The molecule has 1 aliphatic rings. The highest BCUT2D eigenvalue weighted by molar-refractivity contribution is 5.56. The number of ether oxygens (including phenoxy) is 1. The standard InChI is InChI=1S/C12H14FNO/c1-15-11-4-2-3-10(12(11)13)7-9-5-6-14-8-9/h2-4,7,14H,5-6,8H2,1H3/b9-7-. The van der Waals surface area contributed by atoms with Gasteiger partial charge in [0.15, 0.2) is 11.6 Å². The smallest absolute Gasteiger partial charge is 0.172 e. The van der Waals surface area contributed by atoms with E-state index in [4.69, 9.17) is 4.74 Å². The predicted molar refractivity (Wildman–Crippen MR) is 58.4 cm³/mol. The molecule has 0 spiro atoms. The predicted octanol–water partition coefficient (Wildman–Crippen LogP) is 2.21. The Hall–Kier alpha value is -1.35. The van der Waals surface area contributed by atoms with Crippen LogP contribution in [0, 0.1) is 5.82 Å². The molecule has 0 radical (unpaired) electrons. The van der Waals surface area contributed by atoms with Crippen LogP contribution < -0.4 is 10.1 Å². The normalized spacial score (nSPS) is 18.4. The van der Waals surface area contributed by atoms with E-state index < -0.39 is 0 Å². The minimum Gasteiger partial charge on any atom is -0.494 e.